The van der Waals surface area contributed by atoms with Gasteiger partial charge in [0.2, 0.25) is 0 Å². The lowest BCUT2D eigenvalue weighted by Gasteiger charge is -2.22. The number of carboxylic acid groups (broad SMARTS) is 1. The number of hydrogen-bond donors (Lipinski definition) is 2. The highest BCUT2D eigenvalue weighted by molar-refractivity contribution is 8.00. The Labute approximate surface area is 117 Å². The zero-order chi connectivity index (χ0) is 15.1. The van der Waals surface area contributed by atoms with Gasteiger partial charge in [0.05, 0.1) is 11.3 Å². The zero-order valence-electron chi connectivity index (χ0n) is 11.6. The van der Waals surface area contributed by atoms with Crippen molar-refractivity contribution in [3.8, 4) is 6.07 Å². The highest BCUT2D eigenvalue weighted by atomic mass is 32.2. The van der Waals surface area contributed by atoms with E-state index in [2.05, 4.69) is 5.32 Å². The summed E-state index contributed by atoms with van der Waals surface area (Å²) in [7, 11) is 0. The van der Waals surface area contributed by atoms with Crippen LogP contribution in [0.1, 0.15) is 34.1 Å². The van der Waals surface area contributed by atoms with Crippen molar-refractivity contribution in [3.63, 3.8) is 0 Å². The first kappa shape index (κ1) is 17.6. The molecule has 2 N–H and O–H groups in total. The summed E-state index contributed by atoms with van der Waals surface area (Å²) in [6, 6.07) is 1.04. The van der Waals surface area contributed by atoms with Crippen LogP contribution in [0.15, 0.2) is 0 Å². The van der Waals surface area contributed by atoms with Gasteiger partial charge in [0.1, 0.15) is 11.6 Å². The van der Waals surface area contributed by atoms with Crippen LogP contribution in [0.3, 0.4) is 0 Å². The number of nitriles is 1. The summed E-state index contributed by atoms with van der Waals surface area (Å²) >= 11 is 1.35. The van der Waals surface area contributed by atoms with E-state index in [-0.39, 0.29) is 11.7 Å². The summed E-state index contributed by atoms with van der Waals surface area (Å²) in [5, 5.41) is 19.7. The van der Waals surface area contributed by atoms with E-state index in [1.165, 1.54) is 11.8 Å². The quantitative estimate of drug-likeness (QED) is 0.775. The van der Waals surface area contributed by atoms with Crippen molar-refractivity contribution < 1.29 is 19.4 Å². The molecule has 2 unspecified atom stereocenters. The fourth-order valence-corrected chi connectivity index (χ4v) is 1.91. The van der Waals surface area contributed by atoms with E-state index < -0.39 is 23.7 Å². The lowest BCUT2D eigenvalue weighted by Crippen LogP contribution is -2.43. The van der Waals surface area contributed by atoms with Gasteiger partial charge in [-0.05, 0) is 39.9 Å². The number of amides is 1. The predicted molar refractivity (Wildman–Crippen MR) is 72.9 cm³/mol. The van der Waals surface area contributed by atoms with Crippen LogP contribution < -0.4 is 5.32 Å². The van der Waals surface area contributed by atoms with Crippen molar-refractivity contribution in [1.29, 1.82) is 5.26 Å². The molecule has 2 atom stereocenters. The zero-order valence-corrected chi connectivity index (χ0v) is 12.4. The number of ether oxygens (including phenoxy) is 1. The van der Waals surface area contributed by atoms with Crippen molar-refractivity contribution in [1.82, 2.24) is 5.32 Å². The lowest BCUT2D eigenvalue weighted by molar-refractivity contribution is -0.139. The molecule has 1 amide bonds. The minimum atomic E-state index is -1.11. The molecule has 0 aromatic carbocycles. The average Bonchev–Trinajstić information content (AvgIpc) is 2.24. The Kier molecular flexibility index (Phi) is 7.30. The number of nitrogens with zero attached hydrogens (tertiary/aromatic N) is 1. The molecule has 0 aliphatic heterocycles. The molecule has 6 nitrogen and oxygen atoms in total. The molecule has 108 valence electrons. The third kappa shape index (κ3) is 9.19. The molecule has 0 radical (unpaired) electrons. The highest BCUT2D eigenvalue weighted by Crippen LogP contribution is 2.12. The number of nitrogens with one attached hydrogen (secondary N) is 1. The first-order valence-corrected chi connectivity index (χ1v) is 6.94. The monoisotopic (exact) mass is 288 g/mol. The largest absolute Gasteiger partial charge is 0.480 e. The summed E-state index contributed by atoms with van der Waals surface area (Å²) in [4.78, 5) is 22.5. The molecule has 0 bridgehead atoms. The van der Waals surface area contributed by atoms with Crippen molar-refractivity contribution in [2.75, 3.05) is 5.75 Å². The van der Waals surface area contributed by atoms with Gasteiger partial charge in [-0.2, -0.15) is 5.26 Å². The number of carboxylic acids is 1. The molecule has 0 saturated carbocycles. The summed E-state index contributed by atoms with van der Waals surface area (Å²) < 4.78 is 4.99. The number of rotatable bonds is 6. The molecule has 0 rings (SSSR count). The van der Waals surface area contributed by atoms with Crippen LogP contribution in [0, 0.1) is 11.3 Å². The highest BCUT2D eigenvalue weighted by Gasteiger charge is 2.23. The van der Waals surface area contributed by atoms with Gasteiger partial charge in [-0.25, -0.2) is 9.59 Å². The Morgan fingerprint density at radius 3 is 2.47 bits per heavy atom. The van der Waals surface area contributed by atoms with Crippen molar-refractivity contribution in [2.24, 2.45) is 0 Å². The fourth-order valence-electron chi connectivity index (χ4n) is 1.11. The van der Waals surface area contributed by atoms with Crippen molar-refractivity contribution >= 4 is 23.8 Å². The predicted octanol–water partition coefficient (Wildman–Crippen LogP) is 2.00. The van der Waals surface area contributed by atoms with E-state index >= 15 is 0 Å². The number of hydrogen-bond acceptors (Lipinski definition) is 5. The van der Waals surface area contributed by atoms with E-state index in [0.717, 1.165) is 0 Å². The van der Waals surface area contributed by atoms with E-state index in [9.17, 15) is 9.59 Å². The minimum Gasteiger partial charge on any atom is -0.480 e. The van der Waals surface area contributed by atoms with E-state index in [1.807, 2.05) is 6.07 Å². The second-order valence-electron chi connectivity index (χ2n) is 4.97. The van der Waals surface area contributed by atoms with Gasteiger partial charge in [0, 0.05) is 0 Å². The standard InChI is InChI=1S/C12H20N2O4S/c1-8(7-13)19-6-5-9(10(15)16)14-11(17)18-12(2,3)4/h8-9H,5-6H2,1-4H3,(H,14,17)(H,15,16). The van der Waals surface area contributed by atoms with Crippen LogP contribution in [-0.4, -0.2) is 39.8 Å². The SMILES string of the molecule is CC(C#N)SCCC(NC(=O)OC(C)(C)C)C(=O)O. The van der Waals surface area contributed by atoms with Crippen LogP contribution in [0.4, 0.5) is 4.79 Å². The number of alkyl carbamates (subject to hydrolysis) is 1. The molecule has 7 heteroatoms. The number of aliphatic carboxylic acids is 1. The van der Waals surface area contributed by atoms with Crippen LogP contribution in [-0.2, 0) is 9.53 Å². The Morgan fingerprint density at radius 1 is 1.47 bits per heavy atom. The molecule has 0 heterocycles. The third-order valence-corrected chi connectivity index (χ3v) is 3.02. The molecule has 0 spiro atoms. The number of thioether (sulfide) groups is 1. The summed E-state index contributed by atoms with van der Waals surface area (Å²) in [6.45, 7) is 6.84. The van der Waals surface area contributed by atoms with Crippen LogP contribution in [0.25, 0.3) is 0 Å². The van der Waals surface area contributed by atoms with E-state index in [0.29, 0.717) is 5.75 Å². The first-order chi connectivity index (χ1) is 8.65. The maximum absolute atomic E-state index is 11.5. The fraction of sp³-hybridized carbons (Fsp3) is 0.750. The second-order valence-corrected chi connectivity index (χ2v) is 6.42. The first-order valence-electron chi connectivity index (χ1n) is 5.89. The normalized spacial score (nSPS) is 14.1. The summed E-state index contributed by atoms with van der Waals surface area (Å²) in [5.74, 6) is -0.641. The Bertz CT molecular complexity index is 360. The molecule has 0 fully saturated rings. The van der Waals surface area contributed by atoms with E-state index in [4.69, 9.17) is 15.1 Å². The summed E-state index contributed by atoms with van der Waals surface area (Å²) in [6.07, 6.45) is -0.510. The molecule has 0 aromatic heterocycles. The smallest absolute Gasteiger partial charge is 0.408 e. The molecule has 0 aromatic rings. The molecular formula is C12H20N2O4S. The minimum absolute atomic E-state index is 0.198. The second kappa shape index (κ2) is 7.89. The lowest BCUT2D eigenvalue weighted by atomic mass is 10.2. The summed E-state index contributed by atoms with van der Waals surface area (Å²) in [5.41, 5.74) is -0.669. The number of carbonyl (C=O) groups is 2. The Balaban J connectivity index is 4.24. The van der Waals surface area contributed by atoms with Crippen molar-refractivity contribution in [3.05, 3.63) is 0 Å². The van der Waals surface area contributed by atoms with Gasteiger partial charge < -0.3 is 15.2 Å². The molecule has 0 saturated heterocycles. The number of carbonyl (C=O) groups excluding carboxylic acids is 1. The van der Waals surface area contributed by atoms with Gasteiger partial charge in [-0.15, -0.1) is 11.8 Å². The molecular weight excluding hydrogens is 268 g/mol. The molecule has 0 aliphatic rings. The van der Waals surface area contributed by atoms with E-state index in [1.54, 1.807) is 27.7 Å². The Morgan fingerprint density at radius 2 is 2.05 bits per heavy atom. The maximum atomic E-state index is 11.5. The maximum Gasteiger partial charge on any atom is 0.408 e. The van der Waals surface area contributed by atoms with Gasteiger partial charge in [0.25, 0.3) is 0 Å². The third-order valence-electron chi connectivity index (χ3n) is 1.95. The topological polar surface area (TPSA) is 99.4 Å². The molecule has 0 aliphatic carbocycles. The van der Waals surface area contributed by atoms with Crippen LogP contribution >= 0.6 is 11.8 Å². The average molecular weight is 288 g/mol. The molecule has 19 heavy (non-hydrogen) atoms. The van der Waals surface area contributed by atoms with Gasteiger partial charge in [0.15, 0.2) is 0 Å². The van der Waals surface area contributed by atoms with Crippen LogP contribution in [0.5, 0.6) is 0 Å². The van der Waals surface area contributed by atoms with Crippen molar-refractivity contribution in [2.45, 2.75) is 51.0 Å². The van der Waals surface area contributed by atoms with Crippen LogP contribution in [0.2, 0.25) is 0 Å². The van der Waals surface area contributed by atoms with Gasteiger partial charge in [-0.1, -0.05) is 0 Å². The Hall–Kier alpha value is -1.42. The van der Waals surface area contributed by atoms with Gasteiger partial charge >= 0.3 is 12.1 Å². The van der Waals surface area contributed by atoms with Gasteiger partial charge in [-0.3, -0.25) is 0 Å².